The minimum atomic E-state index is -1.88. The van der Waals surface area contributed by atoms with E-state index in [0.29, 0.717) is 13.1 Å². The molecule has 0 saturated carbocycles. The molecule has 0 radical (unpaired) electrons. The summed E-state index contributed by atoms with van der Waals surface area (Å²) in [5.41, 5.74) is -3.76. The van der Waals surface area contributed by atoms with E-state index in [1.165, 1.54) is 50.3 Å². The summed E-state index contributed by atoms with van der Waals surface area (Å²) in [4.78, 5) is 52.8. The number of carbonyl (C=O) groups is 4. The summed E-state index contributed by atoms with van der Waals surface area (Å²) in [5.74, 6) is -4.46. The van der Waals surface area contributed by atoms with Crippen LogP contribution in [0, 0.1) is 11.8 Å². The fourth-order valence-electron chi connectivity index (χ4n) is 4.41. The van der Waals surface area contributed by atoms with Gasteiger partial charge in [0.1, 0.15) is 25.0 Å². The lowest BCUT2D eigenvalue weighted by Gasteiger charge is -2.35. The molecule has 2 N–H and O–H groups in total. The van der Waals surface area contributed by atoms with Crippen LogP contribution in [0.25, 0.3) is 0 Å². The van der Waals surface area contributed by atoms with Crippen LogP contribution in [-0.2, 0) is 28.7 Å². The van der Waals surface area contributed by atoms with Crippen LogP contribution in [0.2, 0.25) is 0 Å². The molecule has 1 fully saturated rings. The number of carbonyl (C=O) groups excluding carboxylic acids is 4. The molecule has 4 atom stereocenters. The fraction of sp³-hybridized carbons (Fsp3) is 0.538. The van der Waals surface area contributed by atoms with Crippen molar-refractivity contribution in [1.82, 2.24) is 9.80 Å². The van der Waals surface area contributed by atoms with Crippen LogP contribution in [-0.4, -0.2) is 107 Å². The fourth-order valence-corrected chi connectivity index (χ4v) is 4.41. The molecule has 196 valence electrons. The third kappa shape index (κ3) is 6.25. The first-order valence-electron chi connectivity index (χ1n) is 12.0. The van der Waals surface area contributed by atoms with Crippen LogP contribution < -0.4 is 0 Å². The summed E-state index contributed by atoms with van der Waals surface area (Å²) in [6.07, 6.45) is 11.8. The largest absolute Gasteiger partial charge is 0.464 e. The standard InChI is InChI=1S/C26H34N2O8/c1-19(29)25(33)9-5-3-7-21(25)23(31)35-17-15-27-11-13-28(14-12-27)16-18-36-24(32)22-8-4-6-10-26(22,34)20(2)30/h3-10,21-22,33-34H,11-18H2,1-2H3. The first-order chi connectivity index (χ1) is 17.1. The van der Waals surface area contributed by atoms with Gasteiger partial charge in [-0.05, 0) is 26.0 Å². The average Bonchev–Trinajstić information content (AvgIpc) is 2.85. The van der Waals surface area contributed by atoms with Crippen LogP contribution in [0.15, 0.2) is 48.6 Å². The molecule has 0 aromatic heterocycles. The second-order valence-electron chi connectivity index (χ2n) is 9.22. The molecule has 1 heterocycles. The van der Waals surface area contributed by atoms with Crippen LogP contribution in [0.3, 0.4) is 0 Å². The molecule has 3 aliphatic rings. The lowest BCUT2D eigenvalue weighted by molar-refractivity contribution is -0.158. The Bertz CT molecular complexity index is 900. The van der Waals surface area contributed by atoms with Crippen molar-refractivity contribution in [2.75, 3.05) is 52.5 Å². The highest BCUT2D eigenvalue weighted by Crippen LogP contribution is 2.28. The molecular formula is C26H34N2O8. The second kappa shape index (κ2) is 11.9. The lowest BCUT2D eigenvalue weighted by Crippen LogP contribution is -2.49. The number of hydrogen-bond acceptors (Lipinski definition) is 10. The van der Waals surface area contributed by atoms with Gasteiger partial charge >= 0.3 is 11.9 Å². The monoisotopic (exact) mass is 502 g/mol. The molecule has 0 amide bonds. The van der Waals surface area contributed by atoms with Crippen molar-refractivity contribution < 1.29 is 38.9 Å². The topological polar surface area (TPSA) is 134 Å². The van der Waals surface area contributed by atoms with E-state index in [-0.39, 0.29) is 13.2 Å². The Labute approximate surface area is 210 Å². The van der Waals surface area contributed by atoms with Crippen molar-refractivity contribution >= 4 is 23.5 Å². The first-order valence-corrected chi connectivity index (χ1v) is 12.0. The van der Waals surface area contributed by atoms with Crippen molar-refractivity contribution in [3.05, 3.63) is 48.6 Å². The summed E-state index contributed by atoms with van der Waals surface area (Å²) in [7, 11) is 0. The molecule has 0 spiro atoms. The maximum Gasteiger partial charge on any atom is 0.316 e. The predicted molar refractivity (Wildman–Crippen MR) is 130 cm³/mol. The number of allylic oxidation sites excluding steroid dienone is 4. The second-order valence-corrected chi connectivity index (χ2v) is 9.22. The Morgan fingerprint density at radius 3 is 1.42 bits per heavy atom. The van der Waals surface area contributed by atoms with Crippen molar-refractivity contribution in [1.29, 1.82) is 0 Å². The Hall–Kier alpha value is -2.92. The van der Waals surface area contributed by atoms with Crippen molar-refractivity contribution in [3.63, 3.8) is 0 Å². The number of aliphatic hydroxyl groups is 2. The van der Waals surface area contributed by atoms with Gasteiger partial charge in [0, 0.05) is 39.3 Å². The zero-order valence-corrected chi connectivity index (χ0v) is 20.7. The van der Waals surface area contributed by atoms with Gasteiger partial charge in [-0.1, -0.05) is 36.5 Å². The van der Waals surface area contributed by atoms with E-state index in [2.05, 4.69) is 9.80 Å². The van der Waals surface area contributed by atoms with Gasteiger partial charge in [0.05, 0.1) is 0 Å². The van der Waals surface area contributed by atoms with Gasteiger partial charge in [-0.25, -0.2) is 0 Å². The Morgan fingerprint density at radius 2 is 1.08 bits per heavy atom. The van der Waals surface area contributed by atoms with E-state index < -0.39 is 46.5 Å². The predicted octanol–water partition coefficient (Wildman–Crippen LogP) is -0.185. The number of rotatable bonds is 10. The van der Waals surface area contributed by atoms with Crippen molar-refractivity contribution in [3.8, 4) is 0 Å². The summed E-state index contributed by atoms with van der Waals surface area (Å²) < 4.78 is 10.7. The molecule has 10 nitrogen and oxygen atoms in total. The van der Waals surface area contributed by atoms with Crippen molar-refractivity contribution in [2.24, 2.45) is 11.8 Å². The molecule has 0 aromatic carbocycles. The van der Waals surface area contributed by atoms with Gasteiger partial charge in [-0.2, -0.15) is 0 Å². The number of nitrogens with zero attached hydrogens (tertiary/aromatic N) is 2. The zero-order valence-electron chi connectivity index (χ0n) is 20.7. The van der Waals surface area contributed by atoms with Crippen LogP contribution in [0.4, 0.5) is 0 Å². The molecule has 0 bridgehead atoms. The van der Waals surface area contributed by atoms with Gasteiger partial charge in [-0.3, -0.25) is 29.0 Å². The zero-order chi connectivity index (χ0) is 26.3. The molecule has 2 aliphatic carbocycles. The normalized spacial score (nSPS) is 30.2. The average molecular weight is 503 g/mol. The van der Waals surface area contributed by atoms with Gasteiger partial charge in [0.25, 0.3) is 0 Å². The van der Waals surface area contributed by atoms with Gasteiger partial charge in [0.15, 0.2) is 22.8 Å². The van der Waals surface area contributed by atoms with Gasteiger partial charge < -0.3 is 19.7 Å². The molecule has 1 aliphatic heterocycles. The maximum atomic E-state index is 12.4. The summed E-state index contributed by atoms with van der Waals surface area (Å²) in [5, 5.41) is 21.0. The SMILES string of the molecule is CC(=O)C1(O)C=CC=CC1C(=O)OCCN1CCN(CCOC(=O)C2C=CC=CC2(O)C(C)=O)CC1. The third-order valence-electron chi connectivity index (χ3n) is 6.88. The van der Waals surface area contributed by atoms with Gasteiger partial charge in [0.2, 0.25) is 0 Å². The maximum absolute atomic E-state index is 12.4. The molecular weight excluding hydrogens is 468 g/mol. The summed E-state index contributed by atoms with van der Waals surface area (Å²) in [6.45, 7) is 6.71. The number of Topliss-reactive ketones (excluding diaryl/α,β-unsaturated/α-hetero) is 2. The van der Waals surface area contributed by atoms with E-state index in [4.69, 9.17) is 9.47 Å². The van der Waals surface area contributed by atoms with Crippen LogP contribution in [0.1, 0.15) is 13.8 Å². The van der Waals surface area contributed by atoms with E-state index in [1.807, 2.05) is 0 Å². The Balaban J connectivity index is 1.34. The molecule has 10 heteroatoms. The van der Waals surface area contributed by atoms with E-state index >= 15 is 0 Å². The lowest BCUT2D eigenvalue weighted by atomic mass is 9.81. The Kier molecular flexibility index (Phi) is 9.13. The summed E-state index contributed by atoms with van der Waals surface area (Å²) in [6, 6.07) is 0. The number of ketones is 2. The number of piperazine rings is 1. The highest BCUT2D eigenvalue weighted by Gasteiger charge is 2.45. The molecule has 36 heavy (non-hydrogen) atoms. The highest BCUT2D eigenvalue weighted by molar-refractivity contribution is 5.95. The van der Waals surface area contributed by atoms with Crippen LogP contribution in [0.5, 0.6) is 0 Å². The van der Waals surface area contributed by atoms with E-state index in [9.17, 15) is 29.4 Å². The van der Waals surface area contributed by atoms with E-state index in [0.717, 1.165) is 26.2 Å². The highest BCUT2D eigenvalue weighted by atomic mass is 16.5. The molecule has 0 aromatic rings. The number of ether oxygens (including phenoxy) is 2. The van der Waals surface area contributed by atoms with E-state index in [1.54, 1.807) is 12.2 Å². The van der Waals surface area contributed by atoms with Crippen LogP contribution >= 0.6 is 0 Å². The smallest absolute Gasteiger partial charge is 0.316 e. The summed E-state index contributed by atoms with van der Waals surface area (Å²) >= 11 is 0. The van der Waals surface area contributed by atoms with Crippen molar-refractivity contribution in [2.45, 2.75) is 25.0 Å². The quantitative estimate of drug-likeness (QED) is 0.387. The first kappa shape index (κ1) is 27.7. The number of hydrogen-bond donors (Lipinski definition) is 2. The Morgan fingerprint density at radius 1 is 0.722 bits per heavy atom. The van der Waals surface area contributed by atoms with Gasteiger partial charge in [-0.15, -0.1) is 0 Å². The minimum Gasteiger partial charge on any atom is -0.464 e. The third-order valence-corrected chi connectivity index (χ3v) is 6.88. The molecule has 4 unspecified atom stereocenters. The molecule has 3 rings (SSSR count). The molecule has 1 saturated heterocycles. The minimum absolute atomic E-state index is 0.140. The number of esters is 2.